The van der Waals surface area contributed by atoms with Gasteiger partial charge in [0.15, 0.2) is 10.2 Å². The van der Waals surface area contributed by atoms with Crippen LogP contribution in [0.5, 0.6) is 0 Å². The predicted octanol–water partition coefficient (Wildman–Crippen LogP) is 2.94. The van der Waals surface area contributed by atoms with E-state index in [0.29, 0.717) is 18.7 Å². The zero-order chi connectivity index (χ0) is 14.9. The third-order valence-electron chi connectivity index (χ3n) is 3.85. The average molecular weight is 328 g/mol. The second kappa shape index (κ2) is 5.94. The highest BCUT2D eigenvalue weighted by Crippen LogP contribution is 2.27. The number of rotatable bonds is 2. The van der Waals surface area contributed by atoms with Crippen molar-refractivity contribution < 1.29 is 8.42 Å². The molecular weight excluding hydrogens is 310 g/mol. The SMILES string of the molecule is O=S(=O)(c1c(Cl)nc2ccccn12)N1CCCCCCC1. The molecule has 2 aromatic heterocycles. The van der Waals surface area contributed by atoms with Crippen LogP contribution in [0.3, 0.4) is 0 Å². The summed E-state index contributed by atoms with van der Waals surface area (Å²) in [5.74, 6) is 0. The van der Waals surface area contributed by atoms with E-state index >= 15 is 0 Å². The molecule has 1 fully saturated rings. The molecule has 1 saturated heterocycles. The number of imidazole rings is 1. The molecule has 0 atom stereocenters. The van der Waals surface area contributed by atoms with Gasteiger partial charge in [-0.1, -0.05) is 36.9 Å². The van der Waals surface area contributed by atoms with Crippen molar-refractivity contribution in [1.29, 1.82) is 0 Å². The number of sulfonamides is 1. The molecule has 0 saturated carbocycles. The Morgan fingerprint density at radius 3 is 2.43 bits per heavy atom. The van der Waals surface area contributed by atoms with Gasteiger partial charge < -0.3 is 0 Å². The van der Waals surface area contributed by atoms with E-state index in [4.69, 9.17) is 11.6 Å². The molecule has 0 aromatic carbocycles. The average Bonchev–Trinajstić information content (AvgIpc) is 2.74. The van der Waals surface area contributed by atoms with Gasteiger partial charge in [-0.25, -0.2) is 13.4 Å². The van der Waals surface area contributed by atoms with Crippen LogP contribution < -0.4 is 0 Å². The Morgan fingerprint density at radius 1 is 1.05 bits per heavy atom. The molecule has 0 radical (unpaired) electrons. The first-order valence-electron chi connectivity index (χ1n) is 7.23. The van der Waals surface area contributed by atoms with Crippen molar-refractivity contribution in [2.24, 2.45) is 0 Å². The molecule has 0 unspecified atom stereocenters. The van der Waals surface area contributed by atoms with E-state index in [-0.39, 0.29) is 10.2 Å². The van der Waals surface area contributed by atoms with Crippen molar-refractivity contribution in [2.75, 3.05) is 13.1 Å². The molecule has 114 valence electrons. The molecule has 5 nitrogen and oxygen atoms in total. The van der Waals surface area contributed by atoms with Crippen LogP contribution in [0.1, 0.15) is 32.1 Å². The van der Waals surface area contributed by atoms with Crippen LogP contribution in [0.25, 0.3) is 5.65 Å². The van der Waals surface area contributed by atoms with Crippen molar-refractivity contribution in [2.45, 2.75) is 37.1 Å². The highest BCUT2D eigenvalue weighted by Gasteiger charge is 2.30. The van der Waals surface area contributed by atoms with Crippen molar-refractivity contribution in [1.82, 2.24) is 13.7 Å². The van der Waals surface area contributed by atoms with Gasteiger partial charge in [0.1, 0.15) is 5.65 Å². The van der Waals surface area contributed by atoms with E-state index in [9.17, 15) is 8.42 Å². The first kappa shape index (κ1) is 14.8. The van der Waals surface area contributed by atoms with Gasteiger partial charge in [-0.05, 0) is 25.0 Å². The Kier molecular flexibility index (Phi) is 4.19. The maximum absolute atomic E-state index is 12.9. The van der Waals surface area contributed by atoms with Gasteiger partial charge in [-0.3, -0.25) is 4.40 Å². The number of nitrogens with zero attached hydrogens (tertiary/aromatic N) is 3. The van der Waals surface area contributed by atoms with Gasteiger partial charge in [0, 0.05) is 19.3 Å². The van der Waals surface area contributed by atoms with Gasteiger partial charge in [0.25, 0.3) is 10.0 Å². The molecule has 21 heavy (non-hydrogen) atoms. The summed E-state index contributed by atoms with van der Waals surface area (Å²) in [5, 5.41) is 0.128. The van der Waals surface area contributed by atoms with Gasteiger partial charge in [0.2, 0.25) is 0 Å². The molecule has 0 amide bonds. The topological polar surface area (TPSA) is 54.7 Å². The Balaban J connectivity index is 2.04. The predicted molar refractivity (Wildman–Crippen MR) is 82.0 cm³/mol. The second-order valence-corrected chi connectivity index (χ2v) is 7.52. The first-order valence-corrected chi connectivity index (χ1v) is 9.05. The Bertz CT molecular complexity index is 734. The maximum Gasteiger partial charge on any atom is 0.262 e. The summed E-state index contributed by atoms with van der Waals surface area (Å²) in [6, 6.07) is 5.33. The van der Waals surface area contributed by atoms with Crippen LogP contribution in [0.2, 0.25) is 5.15 Å². The number of pyridine rings is 1. The van der Waals surface area contributed by atoms with Crippen LogP contribution >= 0.6 is 11.6 Å². The largest absolute Gasteiger partial charge is 0.288 e. The first-order chi connectivity index (χ1) is 10.1. The van der Waals surface area contributed by atoms with Crippen LogP contribution in [-0.4, -0.2) is 35.2 Å². The zero-order valence-electron chi connectivity index (χ0n) is 11.7. The maximum atomic E-state index is 12.9. The Hall–Kier alpha value is -1.11. The third kappa shape index (κ3) is 2.80. The van der Waals surface area contributed by atoms with Crippen molar-refractivity contribution in [3.63, 3.8) is 0 Å². The van der Waals surface area contributed by atoms with Gasteiger partial charge >= 0.3 is 0 Å². The van der Waals surface area contributed by atoms with Crippen LogP contribution in [0.15, 0.2) is 29.4 Å². The molecule has 7 heteroatoms. The van der Waals surface area contributed by atoms with E-state index < -0.39 is 10.0 Å². The summed E-state index contributed by atoms with van der Waals surface area (Å²) < 4.78 is 29.0. The van der Waals surface area contributed by atoms with Crippen LogP contribution in [0, 0.1) is 0 Å². The summed E-state index contributed by atoms with van der Waals surface area (Å²) in [4.78, 5) is 4.14. The summed E-state index contributed by atoms with van der Waals surface area (Å²) in [7, 11) is -3.61. The highest BCUT2D eigenvalue weighted by molar-refractivity contribution is 7.89. The minimum absolute atomic E-state index is 0.0447. The molecule has 1 aliphatic rings. The molecule has 0 bridgehead atoms. The van der Waals surface area contributed by atoms with E-state index in [1.54, 1.807) is 27.0 Å². The van der Waals surface area contributed by atoms with Gasteiger partial charge in [-0.2, -0.15) is 4.31 Å². The summed E-state index contributed by atoms with van der Waals surface area (Å²) in [6.45, 7) is 1.11. The highest BCUT2D eigenvalue weighted by atomic mass is 35.5. The lowest BCUT2D eigenvalue weighted by molar-refractivity contribution is 0.362. The number of halogens is 1. The lowest BCUT2D eigenvalue weighted by Gasteiger charge is -2.23. The fourth-order valence-electron chi connectivity index (χ4n) is 2.76. The Labute approximate surface area is 129 Å². The van der Waals surface area contributed by atoms with E-state index in [2.05, 4.69) is 4.98 Å². The summed E-state index contributed by atoms with van der Waals surface area (Å²) in [5.41, 5.74) is 0.549. The minimum atomic E-state index is -3.61. The Morgan fingerprint density at radius 2 is 1.71 bits per heavy atom. The number of hydrogen-bond acceptors (Lipinski definition) is 3. The molecule has 0 spiro atoms. The quantitative estimate of drug-likeness (QED) is 0.852. The van der Waals surface area contributed by atoms with Crippen molar-refractivity contribution >= 4 is 27.3 Å². The molecule has 3 rings (SSSR count). The number of fused-ring (bicyclic) bond motifs is 1. The van der Waals surface area contributed by atoms with E-state index in [0.717, 1.165) is 25.7 Å². The fraction of sp³-hybridized carbons (Fsp3) is 0.500. The number of aromatic nitrogens is 2. The lowest BCUT2D eigenvalue weighted by Crippen LogP contribution is -2.34. The minimum Gasteiger partial charge on any atom is -0.288 e. The number of hydrogen-bond donors (Lipinski definition) is 0. The van der Waals surface area contributed by atoms with E-state index in [1.807, 2.05) is 6.07 Å². The second-order valence-electron chi connectivity index (χ2n) is 5.31. The molecular formula is C14H18ClN3O2S. The van der Waals surface area contributed by atoms with Crippen molar-refractivity contribution in [3.8, 4) is 0 Å². The summed E-state index contributed by atoms with van der Waals surface area (Å²) in [6.07, 6.45) is 6.82. The standard InChI is InChI=1S/C14H18ClN3O2S/c15-13-14(18-11-7-4-8-12(18)16-13)21(19,20)17-9-5-2-1-3-6-10-17/h4,7-8,11H,1-3,5-6,9-10H2. The van der Waals surface area contributed by atoms with Crippen LogP contribution in [0.4, 0.5) is 0 Å². The van der Waals surface area contributed by atoms with Gasteiger partial charge in [0.05, 0.1) is 0 Å². The normalized spacial score (nSPS) is 18.5. The molecule has 0 N–H and O–H groups in total. The fourth-order valence-corrected chi connectivity index (χ4v) is 4.87. The molecule has 3 heterocycles. The monoisotopic (exact) mass is 327 g/mol. The summed E-state index contributed by atoms with van der Waals surface area (Å²) >= 11 is 6.11. The molecule has 0 aliphatic carbocycles. The van der Waals surface area contributed by atoms with Crippen molar-refractivity contribution in [3.05, 3.63) is 29.5 Å². The lowest BCUT2D eigenvalue weighted by atomic mass is 10.1. The van der Waals surface area contributed by atoms with Gasteiger partial charge in [-0.15, -0.1) is 0 Å². The smallest absolute Gasteiger partial charge is 0.262 e. The van der Waals surface area contributed by atoms with Crippen LogP contribution in [-0.2, 0) is 10.0 Å². The van der Waals surface area contributed by atoms with E-state index in [1.165, 1.54) is 6.42 Å². The molecule has 1 aliphatic heterocycles. The zero-order valence-corrected chi connectivity index (χ0v) is 13.3. The molecule has 2 aromatic rings. The third-order valence-corrected chi connectivity index (χ3v) is 6.14.